The standard InChI is InChI=1S/C24H17F3N4O6S2/c1-38(33,34)30-16-6-5-15-9-22(23(29)32)31(21(15)10-16)17-7-14(13-28)8-20(11-17)39(35,36)19-4-2-3-18(12-19)37-24(25,26)27/h2-12,30H,1H3,(H2,29,32). The van der Waals surface area contributed by atoms with Gasteiger partial charge in [0.1, 0.15) is 11.4 Å². The molecule has 4 rings (SSSR count). The highest BCUT2D eigenvalue weighted by Gasteiger charge is 2.32. The van der Waals surface area contributed by atoms with Crippen LogP contribution in [0.1, 0.15) is 16.1 Å². The molecule has 0 unspecified atom stereocenters. The molecule has 0 saturated carbocycles. The summed E-state index contributed by atoms with van der Waals surface area (Å²) in [5.74, 6) is -1.67. The van der Waals surface area contributed by atoms with E-state index >= 15 is 0 Å². The molecule has 0 saturated heterocycles. The molecule has 0 radical (unpaired) electrons. The van der Waals surface area contributed by atoms with Crippen molar-refractivity contribution in [2.75, 3.05) is 11.0 Å². The number of nitrogens with two attached hydrogens (primary N) is 1. The largest absolute Gasteiger partial charge is 0.573 e. The van der Waals surface area contributed by atoms with Crippen molar-refractivity contribution in [3.8, 4) is 17.5 Å². The summed E-state index contributed by atoms with van der Waals surface area (Å²) in [5, 5.41) is 10.0. The van der Waals surface area contributed by atoms with Gasteiger partial charge >= 0.3 is 6.36 Å². The average Bonchev–Trinajstić information content (AvgIpc) is 3.21. The molecule has 0 atom stereocenters. The summed E-state index contributed by atoms with van der Waals surface area (Å²) in [5.41, 5.74) is 5.65. The second-order valence-corrected chi connectivity index (χ2v) is 11.9. The van der Waals surface area contributed by atoms with Crippen LogP contribution in [0.2, 0.25) is 0 Å². The Morgan fingerprint density at radius 1 is 1.00 bits per heavy atom. The second-order valence-electron chi connectivity index (χ2n) is 8.23. The van der Waals surface area contributed by atoms with Crippen LogP contribution in [-0.2, 0) is 19.9 Å². The van der Waals surface area contributed by atoms with E-state index in [0.29, 0.717) is 11.5 Å². The zero-order valence-corrected chi connectivity index (χ0v) is 21.4. The Labute approximate surface area is 220 Å². The van der Waals surface area contributed by atoms with Crippen LogP contribution in [0, 0.1) is 11.3 Å². The van der Waals surface area contributed by atoms with Gasteiger partial charge in [-0.1, -0.05) is 12.1 Å². The van der Waals surface area contributed by atoms with Gasteiger partial charge in [-0.15, -0.1) is 13.2 Å². The Balaban J connectivity index is 1.94. The fourth-order valence-electron chi connectivity index (χ4n) is 3.84. The fraction of sp³-hybridized carbons (Fsp3) is 0.0833. The summed E-state index contributed by atoms with van der Waals surface area (Å²) in [7, 11) is -8.17. The molecule has 0 aliphatic heterocycles. The summed E-state index contributed by atoms with van der Waals surface area (Å²) >= 11 is 0. The number of carbonyl (C=O) groups excluding carboxylic acids is 1. The quantitative estimate of drug-likeness (QED) is 0.338. The fourth-order valence-corrected chi connectivity index (χ4v) is 5.76. The van der Waals surface area contributed by atoms with Crippen LogP contribution in [0.5, 0.6) is 5.75 Å². The molecule has 0 bridgehead atoms. The van der Waals surface area contributed by atoms with Crippen LogP contribution < -0.4 is 15.2 Å². The van der Waals surface area contributed by atoms with Crippen molar-refractivity contribution in [3.05, 3.63) is 78.0 Å². The lowest BCUT2D eigenvalue weighted by atomic mass is 10.2. The highest BCUT2D eigenvalue weighted by Crippen LogP contribution is 2.32. The number of nitrogens with zero attached hydrogens (tertiary/aromatic N) is 2. The number of ether oxygens (including phenoxy) is 1. The van der Waals surface area contributed by atoms with Crippen LogP contribution in [0.3, 0.4) is 0 Å². The predicted octanol–water partition coefficient (Wildman–Crippen LogP) is 3.70. The highest BCUT2D eigenvalue weighted by atomic mass is 32.2. The van der Waals surface area contributed by atoms with Crippen molar-refractivity contribution < 1.29 is 39.5 Å². The van der Waals surface area contributed by atoms with E-state index in [1.54, 1.807) is 0 Å². The van der Waals surface area contributed by atoms with E-state index in [4.69, 9.17) is 5.73 Å². The van der Waals surface area contributed by atoms with Crippen molar-refractivity contribution in [1.82, 2.24) is 4.57 Å². The normalized spacial score (nSPS) is 12.2. The highest BCUT2D eigenvalue weighted by molar-refractivity contribution is 7.92. The molecule has 10 nitrogen and oxygen atoms in total. The van der Waals surface area contributed by atoms with Crippen LogP contribution in [0.4, 0.5) is 18.9 Å². The number of aromatic nitrogens is 1. The predicted molar refractivity (Wildman–Crippen MR) is 134 cm³/mol. The number of anilines is 1. The maximum absolute atomic E-state index is 13.4. The van der Waals surface area contributed by atoms with Gasteiger partial charge in [0.25, 0.3) is 5.91 Å². The molecule has 1 heterocycles. The number of hydrogen-bond acceptors (Lipinski definition) is 7. The van der Waals surface area contributed by atoms with Crippen LogP contribution >= 0.6 is 0 Å². The maximum atomic E-state index is 13.4. The van der Waals surface area contributed by atoms with E-state index in [1.165, 1.54) is 34.9 Å². The first kappa shape index (κ1) is 27.5. The topological polar surface area (TPSA) is 161 Å². The molecule has 0 fully saturated rings. The molecule has 202 valence electrons. The molecule has 1 aromatic heterocycles. The number of nitrogens with one attached hydrogen (secondary N) is 1. The zero-order valence-electron chi connectivity index (χ0n) is 19.7. The summed E-state index contributed by atoms with van der Waals surface area (Å²) in [6, 6.07) is 14.7. The first-order valence-corrected chi connectivity index (χ1v) is 14.0. The van der Waals surface area contributed by atoms with Gasteiger partial charge in [-0.2, -0.15) is 5.26 Å². The van der Waals surface area contributed by atoms with Gasteiger partial charge in [0, 0.05) is 11.1 Å². The van der Waals surface area contributed by atoms with Crippen molar-refractivity contribution in [1.29, 1.82) is 5.26 Å². The van der Waals surface area contributed by atoms with Gasteiger partial charge in [-0.25, -0.2) is 16.8 Å². The van der Waals surface area contributed by atoms with Crippen molar-refractivity contribution in [2.45, 2.75) is 16.2 Å². The van der Waals surface area contributed by atoms with Gasteiger partial charge in [0.2, 0.25) is 19.9 Å². The van der Waals surface area contributed by atoms with Gasteiger partial charge in [0.05, 0.1) is 38.9 Å². The van der Waals surface area contributed by atoms with E-state index in [1.807, 2.05) is 6.07 Å². The lowest BCUT2D eigenvalue weighted by Gasteiger charge is -2.14. The number of carbonyl (C=O) groups is 1. The maximum Gasteiger partial charge on any atom is 0.573 e. The Morgan fingerprint density at radius 2 is 1.72 bits per heavy atom. The lowest BCUT2D eigenvalue weighted by Crippen LogP contribution is -2.17. The van der Waals surface area contributed by atoms with Gasteiger partial charge < -0.3 is 15.0 Å². The SMILES string of the molecule is CS(=O)(=O)Nc1ccc2cc(C(N)=O)n(-c3cc(C#N)cc(S(=O)(=O)c4cccc(OC(F)(F)F)c4)c3)c2c1. The smallest absolute Gasteiger partial charge is 0.406 e. The van der Waals surface area contributed by atoms with Gasteiger partial charge in [-0.05, 0) is 54.6 Å². The number of halogens is 3. The lowest BCUT2D eigenvalue weighted by molar-refractivity contribution is -0.274. The molecule has 15 heteroatoms. The number of sulfonamides is 1. The molecule has 3 N–H and O–H groups in total. The first-order valence-electron chi connectivity index (χ1n) is 10.7. The monoisotopic (exact) mass is 578 g/mol. The number of nitriles is 1. The van der Waals surface area contributed by atoms with Crippen LogP contribution in [0.25, 0.3) is 16.6 Å². The van der Waals surface area contributed by atoms with Gasteiger partial charge in [-0.3, -0.25) is 9.52 Å². The number of primary amides is 1. The Bertz CT molecular complexity index is 1890. The van der Waals surface area contributed by atoms with Crippen LogP contribution in [-0.4, -0.2) is 39.9 Å². The minimum Gasteiger partial charge on any atom is -0.406 e. The van der Waals surface area contributed by atoms with Gasteiger partial charge in [0.15, 0.2) is 0 Å². The number of sulfone groups is 1. The van der Waals surface area contributed by atoms with Crippen molar-refractivity contribution in [3.63, 3.8) is 0 Å². The molecule has 39 heavy (non-hydrogen) atoms. The molecule has 0 aliphatic rings. The Kier molecular flexibility index (Phi) is 6.79. The number of hydrogen-bond donors (Lipinski definition) is 2. The number of amides is 1. The van der Waals surface area contributed by atoms with Crippen molar-refractivity contribution >= 4 is 42.4 Å². The molecule has 0 spiro atoms. The molecule has 4 aromatic rings. The Hall–Kier alpha value is -4.55. The molecule has 0 aliphatic carbocycles. The number of fused-ring (bicyclic) bond motifs is 1. The molecule has 3 aromatic carbocycles. The van der Waals surface area contributed by atoms with E-state index in [0.717, 1.165) is 36.6 Å². The third-order valence-electron chi connectivity index (χ3n) is 5.30. The second kappa shape index (κ2) is 9.64. The molecule has 1 amide bonds. The zero-order chi connectivity index (χ0) is 28.8. The van der Waals surface area contributed by atoms with E-state index in [9.17, 15) is 40.1 Å². The summed E-state index contributed by atoms with van der Waals surface area (Å²) in [6.07, 6.45) is -4.12. The van der Waals surface area contributed by atoms with Crippen molar-refractivity contribution in [2.24, 2.45) is 5.73 Å². The first-order chi connectivity index (χ1) is 18.1. The van der Waals surface area contributed by atoms with Crippen LogP contribution in [0.15, 0.2) is 76.5 Å². The third-order valence-corrected chi connectivity index (χ3v) is 7.64. The molecular formula is C24H17F3N4O6S2. The third kappa shape index (κ3) is 5.97. The summed E-state index contributed by atoms with van der Waals surface area (Å²) in [6.45, 7) is 0. The summed E-state index contributed by atoms with van der Waals surface area (Å²) in [4.78, 5) is 11.3. The minimum atomic E-state index is -5.05. The average molecular weight is 579 g/mol. The number of alkyl halides is 3. The number of rotatable bonds is 7. The Morgan fingerprint density at radius 3 is 2.33 bits per heavy atom. The number of benzene rings is 3. The van der Waals surface area contributed by atoms with E-state index in [2.05, 4.69) is 9.46 Å². The molecular weight excluding hydrogens is 561 g/mol. The van der Waals surface area contributed by atoms with E-state index < -0.39 is 47.7 Å². The van der Waals surface area contributed by atoms with E-state index in [-0.39, 0.29) is 28.1 Å². The minimum absolute atomic E-state index is 0.00405. The summed E-state index contributed by atoms with van der Waals surface area (Å²) < 4.78 is 95.6.